The van der Waals surface area contributed by atoms with Gasteiger partial charge >= 0.3 is 0 Å². The van der Waals surface area contributed by atoms with E-state index in [-0.39, 0.29) is 24.6 Å². The minimum atomic E-state index is -3.49. The van der Waals surface area contributed by atoms with Crippen molar-refractivity contribution >= 4 is 44.9 Å². The van der Waals surface area contributed by atoms with Gasteiger partial charge in [-0.2, -0.15) is 0 Å². The number of anilines is 1. The molecule has 1 heterocycles. The van der Waals surface area contributed by atoms with E-state index in [1.807, 2.05) is 0 Å². The van der Waals surface area contributed by atoms with Gasteiger partial charge in [0.25, 0.3) is 0 Å². The van der Waals surface area contributed by atoms with Crippen molar-refractivity contribution in [3.63, 3.8) is 0 Å². The van der Waals surface area contributed by atoms with Crippen LogP contribution in [0.1, 0.15) is 90.1 Å². The molecule has 0 radical (unpaired) electrons. The van der Waals surface area contributed by atoms with Gasteiger partial charge in [0.05, 0.1) is 21.1 Å². The molecule has 1 aromatic heterocycles. The largest absolute Gasteiger partial charge is 0.494 e. The molecule has 9 heteroatoms. The van der Waals surface area contributed by atoms with Crippen molar-refractivity contribution < 1.29 is 25.1 Å². The van der Waals surface area contributed by atoms with E-state index in [9.17, 15) is 13.2 Å². The third-order valence-corrected chi connectivity index (χ3v) is 7.15. The van der Waals surface area contributed by atoms with Crippen LogP contribution in [0.2, 0.25) is 0 Å². The molecule has 0 bridgehead atoms. The average Bonchev–Trinajstić information content (AvgIpc) is 3.27. The van der Waals surface area contributed by atoms with Gasteiger partial charge in [-0.05, 0) is 81.2 Å². The standard InChI is InChI=1S/C31H44N2O5S.ClH/c1-5-8-12-29-30(27-23-25(32-39(4,35)36)15-18-28(27)38-29)31(34)24-13-16-26(17-14-24)37-22-11-21-33(19-9-6-2)20-10-7-3;/h13-18,23,32H,5-12,19-22H2,1-4H3;1H/i22D2;. The maximum absolute atomic E-state index is 13.7. The Hall–Kier alpha value is -2.55. The summed E-state index contributed by atoms with van der Waals surface area (Å²) < 4.78 is 54.6. The second-order valence-corrected chi connectivity index (χ2v) is 11.7. The normalized spacial score (nSPS) is 12.6. The second-order valence-electron chi connectivity index (χ2n) is 9.99. The molecule has 0 atom stereocenters. The molecule has 1 N–H and O–H groups in total. The molecule has 222 valence electrons. The van der Waals surface area contributed by atoms with Gasteiger partial charge in [-0.15, -0.1) is 12.4 Å². The molecule has 0 saturated heterocycles. The van der Waals surface area contributed by atoms with Gasteiger partial charge in [0.15, 0.2) is 5.78 Å². The van der Waals surface area contributed by atoms with Gasteiger partial charge in [0, 0.05) is 29.6 Å². The molecule has 0 unspecified atom stereocenters. The first-order chi connectivity index (χ1) is 19.5. The highest BCUT2D eigenvalue weighted by molar-refractivity contribution is 7.92. The molecule has 0 aliphatic carbocycles. The smallest absolute Gasteiger partial charge is 0.229 e. The van der Waals surface area contributed by atoms with E-state index in [0.717, 1.165) is 57.9 Å². The highest BCUT2D eigenvalue weighted by atomic mass is 35.5. The Bertz CT molecular complexity index is 1390. The number of halogens is 1. The molecule has 3 rings (SSSR count). The van der Waals surface area contributed by atoms with Crippen molar-refractivity contribution in [3.05, 3.63) is 59.4 Å². The number of nitrogens with zero attached hydrogens (tertiary/aromatic N) is 1. The van der Waals surface area contributed by atoms with Crippen LogP contribution in [-0.2, 0) is 16.4 Å². The number of sulfonamides is 1. The number of aryl methyl sites for hydroxylation is 1. The second kappa shape index (κ2) is 16.7. The fourth-order valence-corrected chi connectivity index (χ4v) is 5.00. The van der Waals surface area contributed by atoms with E-state index in [4.69, 9.17) is 11.9 Å². The third-order valence-electron chi connectivity index (χ3n) is 6.54. The molecule has 0 saturated carbocycles. The lowest BCUT2D eigenvalue weighted by Crippen LogP contribution is -2.28. The molecule has 0 fully saturated rings. The van der Waals surface area contributed by atoms with Crippen LogP contribution in [-0.4, -0.2) is 51.5 Å². The van der Waals surface area contributed by atoms with Gasteiger partial charge in [-0.1, -0.05) is 40.0 Å². The number of unbranched alkanes of at least 4 members (excludes halogenated alkanes) is 3. The van der Waals surface area contributed by atoms with Crippen LogP contribution in [0.5, 0.6) is 5.75 Å². The van der Waals surface area contributed by atoms with E-state index in [1.54, 1.807) is 42.5 Å². The Morgan fingerprint density at radius 2 is 1.57 bits per heavy atom. The summed E-state index contributed by atoms with van der Waals surface area (Å²) >= 11 is 0. The van der Waals surface area contributed by atoms with E-state index in [2.05, 4.69) is 30.4 Å². The molecule has 7 nitrogen and oxygen atoms in total. The van der Waals surface area contributed by atoms with E-state index >= 15 is 0 Å². The summed E-state index contributed by atoms with van der Waals surface area (Å²) in [7, 11) is -3.49. The zero-order valence-corrected chi connectivity index (χ0v) is 25.8. The lowest BCUT2D eigenvalue weighted by molar-refractivity contribution is 0.103. The van der Waals surface area contributed by atoms with E-state index in [0.29, 0.717) is 52.3 Å². The predicted octanol–water partition coefficient (Wildman–Crippen LogP) is 7.47. The molecule has 2 aromatic carbocycles. The van der Waals surface area contributed by atoms with Crippen LogP contribution in [0.3, 0.4) is 0 Å². The van der Waals surface area contributed by atoms with Crippen LogP contribution < -0.4 is 9.46 Å². The van der Waals surface area contributed by atoms with Crippen molar-refractivity contribution in [2.24, 2.45) is 0 Å². The topological polar surface area (TPSA) is 88.8 Å². The molecule has 0 spiro atoms. The minimum absolute atomic E-state index is 0. The zero-order valence-electron chi connectivity index (χ0n) is 26.1. The molecule has 0 aliphatic rings. The van der Waals surface area contributed by atoms with Crippen molar-refractivity contribution in [2.45, 2.75) is 72.1 Å². The fourth-order valence-electron chi connectivity index (χ4n) is 4.44. The predicted molar refractivity (Wildman–Crippen MR) is 167 cm³/mol. The molecular formula is C31H45ClN2O5S. The fraction of sp³-hybridized carbons (Fsp3) is 0.516. The Morgan fingerprint density at radius 3 is 2.17 bits per heavy atom. The number of hydrogen-bond acceptors (Lipinski definition) is 6. The van der Waals surface area contributed by atoms with Crippen LogP contribution in [0, 0.1) is 0 Å². The molecule has 0 aliphatic heterocycles. The maximum atomic E-state index is 13.7. The summed E-state index contributed by atoms with van der Waals surface area (Å²) in [5.41, 5.74) is 1.68. The average molecular weight is 595 g/mol. The van der Waals surface area contributed by atoms with Crippen molar-refractivity contribution in [2.75, 3.05) is 37.2 Å². The molecule has 0 amide bonds. The highest BCUT2D eigenvalue weighted by Crippen LogP contribution is 2.32. The summed E-state index contributed by atoms with van der Waals surface area (Å²) in [6, 6.07) is 11.4. The van der Waals surface area contributed by atoms with Crippen LogP contribution >= 0.6 is 12.4 Å². The van der Waals surface area contributed by atoms with Crippen molar-refractivity contribution in [3.8, 4) is 5.75 Å². The number of fused-ring (bicyclic) bond motifs is 1. The summed E-state index contributed by atoms with van der Waals surface area (Å²) in [5.74, 6) is 0.669. The van der Waals surface area contributed by atoms with Crippen LogP contribution in [0.15, 0.2) is 46.9 Å². The first-order valence-electron chi connectivity index (χ1n) is 15.1. The van der Waals surface area contributed by atoms with Gasteiger partial charge < -0.3 is 14.1 Å². The Morgan fingerprint density at radius 1 is 0.950 bits per heavy atom. The van der Waals surface area contributed by atoms with Gasteiger partial charge in [-0.3, -0.25) is 9.52 Å². The van der Waals surface area contributed by atoms with Crippen molar-refractivity contribution in [1.82, 2.24) is 4.90 Å². The number of rotatable bonds is 18. The lowest BCUT2D eigenvalue weighted by atomic mass is 9.98. The van der Waals surface area contributed by atoms with E-state index in [1.165, 1.54) is 0 Å². The quantitative estimate of drug-likeness (QED) is 0.154. The number of carbonyl (C=O) groups is 1. The number of benzene rings is 2. The molecule has 3 aromatic rings. The Balaban J connectivity index is 0.00000616. The lowest BCUT2D eigenvalue weighted by Gasteiger charge is -2.21. The number of hydrogen-bond donors (Lipinski definition) is 1. The van der Waals surface area contributed by atoms with Crippen LogP contribution in [0.4, 0.5) is 5.69 Å². The van der Waals surface area contributed by atoms with Gasteiger partial charge in [0.1, 0.15) is 17.1 Å². The van der Waals surface area contributed by atoms with Gasteiger partial charge in [0.2, 0.25) is 10.0 Å². The number of nitrogens with one attached hydrogen (secondary N) is 1. The maximum Gasteiger partial charge on any atom is 0.229 e. The highest BCUT2D eigenvalue weighted by Gasteiger charge is 2.22. The Labute approximate surface area is 248 Å². The number of ketones is 1. The third kappa shape index (κ3) is 10.1. The zero-order chi connectivity index (χ0) is 30.0. The Kier molecular flexibility index (Phi) is 12.7. The number of carbonyl (C=O) groups excluding carboxylic acids is 1. The molecular weight excluding hydrogens is 548 g/mol. The summed E-state index contributed by atoms with van der Waals surface area (Å²) in [4.78, 5) is 16.0. The summed E-state index contributed by atoms with van der Waals surface area (Å²) in [6.45, 7) is 7.06. The SMILES string of the molecule is Cl.[2H]C([2H])(CCN(CCCC)CCCC)Oc1ccc(C(=O)c2c(CCCC)oc3ccc(NS(C)(=O)=O)cc23)cc1. The molecule has 40 heavy (non-hydrogen) atoms. The van der Waals surface area contributed by atoms with Gasteiger partial charge in [-0.25, -0.2) is 8.42 Å². The summed E-state index contributed by atoms with van der Waals surface area (Å²) in [5, 5.41) is 0.544. The number of ether oxygens (including phenoxy) is 1. The first kappa shape index (κ1) is 30.4. The minimum Gasteiger partial charge on any atom is -0.494 e. The van der Waals surface area contributed by atoms with E-state index < -0.39 is 16.6 Å². The number of furan rings is 1. The monoisotopic (exact) mass is 594 g/mol. The van der Waals surface area contributed by atoms with Crippen LogP contribution in [0.25, 0.3) is 11.0 Å². The summed E-state index contributed by atoms with van der Waals surface area (Å²) in [6.07, 6.45) is 8.04. The first-order valence-corrected chi connectivity index (χ1v) is 15.9. The van der Waals surface area contributed by atoms with Crippen molar-refractivity contribution in [1.29, 1.82) is 0 Å².